The molecular weight excluding hydrogens is 284 g/mol. The number of thioether (sulfide) groups is 2. The van der Waals surface area contributed by atoms with Gasteiger partial charge in [0.15, 0.2) is 0 Å². The maximum atomic E-state index is 5.49. The van der Waals surface area contributed by atoms with Crippen molar-refractivity contribution in [3.63, 3.8) is 0 Å². The highest BCUT2D eigenvalue weighted by Gasteiger charge is 1.96. The van der Waals surface area contributed by atoms with E-state index < -0.39 is 0 Å². The molecule has 19 heavy (non-hydrogen) atoms. The summed E-state index contributed by atoms with van der Waals surface area (Å²) in [6.07, 6.45) is 1.27. The lowest BCUT2D eigenvalue weighted by Crippen LogP contribution is -2.12. The Labute approximate surface area is 125 Å². The van der Waals surface area contributed by atoms with Gasteiger partial charge >= 0.3 is 0 Å². The van der Waals surface area contributed by atoms with Crippen LogP contribution in [-0.2, 0) is 18.9 Å². The molecule has 0 radical (unpaired) electrons. The monoisotopic (exact) mass is 310 g/mol. The minimum absolute atomic E-state index is 0.633. The minimum atomic E-state index is 0.633. The van der Waals surface area contributed by atoms with Gasteiger partial charge in [0.25, 0.3) is 0 Å². The third-order valence-electron chi connectivity index (χ3n) is 2.44. The van der Waals surface area contributed by atoms with E-state index in [1.807, 2.05) is 23.5 Å². The molecule has 1 rings (SSSR count). The maximum absolute atomic E-state index is 5.49. The molecule has 0 saturated carbocycles. The highest BCUT2D eigenvalue weighted by Crippen LogP contribution is 2.08. The molecule has 4 nitrogen and oxygen atoms in total. The van der Waals surface area contributed by atoms with E-state index >= 15 is 0 Å². The maximum Gasteiger partial charge on any atom is 0.0701 e. The first kappa shape index (κ1) is 17.6. The van der Waals surface area contributed by atoms with Gasteiger partial charge in [0.2, 0.25) is 0 Å². The largest absolute Gasteiger partial charge is 0.378 e. The van der Waals surface area contributed by atoms with E-state index in [1.165, 1.54) is 17.9 Å². The Bertz CT molecular complexity index is 103. The van der Waals surface area contributed by atoms with Crippen LogP contribution in [0.4, 0.5) is 0 Å². The Morgan fingerprint density at radius 3 is 1.21 bits per heavy atom. The highest BCUT2D eigenvalue weighted by atomic mass is 32.2. The Morgan fingerprint density at radius 1 is 0.421 bits per heavy atom. The predicted molar refractivity (Wildman–Crippen MR) is 82.5 cm³/mol. The first-order chi connectivity index (χ1) is 9.50. The van der Waals surface area contributed by atoms with E-state index in [0.29, 0.717) is 39.6 Å². The zero-order chi connectivity index (χ0) is 13.4. The first-order valence-corrected chi connectivity index (χ1v) is 9.27. The second-order valence-electron chi connectivity index (χ2n) is 4.03. The fourth-order valence-electron chi connectivity index (χ4n) is 1.46. The Balaban J connectivity index is 2.01. The summed E-state index contributed by atoms with van der Waals surface area (Å²) in [6, 6.07) is 0. The highest BCUT2D eigenvalue weighted by molar-refractivity contribution is 8.00. The molecule has 6 heteroatoms. The van der Waals surface area contributed by atoms with E-state index in [1.54, 1.807) is 0 Å². The summed E-state index contributed by atoms with van der Waals surface area (Å²) in [4.78, 5) is 0. The Morgan fingerprint density at radius 2 is 0.789 bits per heavy atom. The van der Waals surface area contributed by atoms with Crippen molar-refractivity contribution < 1.29 is 18.9 Å². The van der Waals surface area contributed by atoms with Crippen LogP contribution in [0.2, 0.25) is 0 Å². The summed E-state index contributed by atoms with van der Waals surface area (Å²) < 4.78 is 21.8. The number of rotatable bonds is 0. The van der Waals surface area contributed by atoms with Gasteiger partial charge in [0.1, 0.15) is 0 Å². The zero-order valence-corrected chi connectivity index (χ0v) is 13.3. The van der Waals surface area contributed by atoms with Crippen LogP contribution < -0.4 is 0 Å². The van der Waals surface area contributed by atoms with Gasteiger partial charge in [-0.3, -0.25) is 0 Å². The molecule has 1 saturated heterocycles. The molecule has 0 aromatic heterocycles. The van der Waals surface area contributed by atoms with Gasteiger partial charge in [-0.15, -0.1) is 0 Å². The molecule has 1 fully saturated rings. The topological polar surface area (TPSA) is 36.9 Å². The van der Waals surface area contributed by atoms with Crippen LogP contribution >= 0.6 is 23.5 Å². The lowest BCUT2D eigenvalue weighted by atomic mass is 10.6. The molecule has 1 aliphatic rings. The van der Waals surface area contributed by atoms with Crippen molar-refractivity contribution in [3.8, 4) is 0 Å². The number of ether oxygens (including phenoxy) is 4. The summed E-state index contributed by atoms with van der Waals surface area (Å²) in [5.41, 5.74) is 0. The number of hydrogen-bond donors (Lipinski definition) is 0. The molecule has 0 aromatic rings. The lowest BCUT2D eigenvalue weighted by molar-refractivity contribution is 0.00147. The van der Waals surface area contributed by atoms with Gasteiger partial charge in [-0.25, -0.2) is 0 Å². The Hall–Kier alpha value is 0.540. The molecule has 0 amide bonds. The Kier molecular flexibility index (Phi) is 13.8. The van der Waals surface area contributed by atoms with Gasteiger partial charge in [-0.1, -0.05) is 0 Å². The average molecular weight is 310 g/mol. The van der Waals surface area contributed by atoms with Crippen molar-refractivity contribution >= 4 is 23.5 Å². The molecule has 0 N–H and O–H groups in total. The van der Waals surface area contributed by atoms with Gasteiger partial charge in [0, 0.05) is 11.5 Å². The predicted octanol–water partition coefficient (Wildman–Crippen LogP) is 1.92. The minimum Gasteiger partial charge on any atom is -0.378 e. The van der Waals surface area contributed by atoms with E-state index in [9.17, 15) is 0 Å². The van der Waals surface area contributed by atoms with E-state index in [2.05, 4.69) is 0 Å². The third-order valence-corrected chi connectivity index (χ3v) is 4.50. The van der Waals surface area contributed by atoms with Crippen molar-refractivity contribution in [2.24, 2.45) is 0 Å². The van der Waals surface area contributed by atoms with Gasteiger partial charge < -0.3 is 18.9 Å². The van der Waals surface area contributed by atoms with E-state index in [-0.39, 0.29) is 0 Å². The van der Waals surface area contributed by atoms with Crippen molar-refractivity contribution in [3.05, 3.63) is 0 Å². The van der Waals surface area contributed by atoms with Crippen LogP contribution in [-0.4, -0.2) is 75.9 Å². The van der Waals surface area contributed by atoms with Crippen LogP contribution in [0.25, 0.3) is 0 Å². The summed E-state index contributed by atoms with van der Waals surface area (Å²) in [6.45, 7) is 5.58. The normalized spacial score (nSPS) is 24.0. The van der Waals surface area contributed by atoms with Gasteiger partial charge in [-0.2, -0.15) is 23.5 Å². The molecule has 1 heterocycles. The summed E-state index contributed by atoms with van der Waals surface area (Å²) in [5, 5.41) is 0. The second-order valence-corrected chi connectivity index (χ2v) is 6.48. The van der Waals surface area contributed by atoms with Crippen molar-refractivity contribution in [2.75, 3.05) is 75.9 Å². The molecule has 0 atom stereocenters. The fourth-order valence-corrected chi connectivity index (χ4v) is 3.22. The smallest absolute Gasteiger partial charge is 0.0701 e. The van der Waals surface area contributed by atoms with E-state index in [4.69, 9.17) is 18.9 Å². The van der Waals surface area contributed by atoms with Crippen LogP contribution in [0.15, 0.2) is 0 Å². The first-order valence-electron chi connectivity index (χ1n) is 6.96. The molecular formula is C13H26O4S2. The molecule has 0 bridgehead atoms. The van der Waals surface area contributed by atoms with Crippen LogP contribution in [0.1, 0.15) is 6.42 Å². The molecule has 0 aliphatic carbocycles. The molecule has 0 spiro atoms. The van der Waals surface area contributed by atoms with Gasteiger partial charge in [0.05, 0.1) is 52.9 Å². The van der Waals surface area contributed by atoms with E-state index in [0.717, 1.165) is 24.7 Å². The molecule has 114 valence electrons. The van der Waals surface area contributed by atoms with Gasteiger partial charge in [-0.05, 0) is 17.9 Å². The second kappa shape index (κ2) is 14.9. The zero-order valence-electron chi connectivity index (χ0n) is 11.6. The van der Waals surface area contributed by atoms with Crippen LogP contribution in [0.5, 0.6) is 0 Å². The van der Waals surface area contributed by atoms with Crippen molar-refractivity contribution in [1.82, 2.24) is 0 Å². The average Bonchev–Trinajstić information content (AvgIpc) is 2.43. The quantitative estimate of drug-likeness (QED) is 0.680. The van der Waals surface area contributed by atoms with Crippen LogP contribution in [0.3, 0.4) is 0 Å². The van der Waals surface area contributed by atoms with Crippen molar-refractivity contribution in [1.29, 1.82) is 0 Å². The third kappa shape index (κ3) is 13.3. The molecule has 1 aliphatic heterocycles. The summed E-state index contributed by atoms with van der Waals surface area (Å²) >= 11 is 3.94. The molecule has 0 aromatic carbocycles. The molecule has 0 unspecified atom stereocenters. The summed E-state index contributed by atoms with van der Waals surface area (Å²) in [7, 11) is 0. The van der Waals surface area contributed by atoms with Crippen molar-refractivity contribution in [2.45, 2.75) is 6.42 Å². The standard InChI is InChI=1S/C13H26O4S2/c1-10-18-12-8-16-6-4-14-2-3-15-5-7-17-9-13-19-11-1/h1-13H2. The lowest BCUT2D eigenvalue weighted by Gasteiger charge is -2.07. The number of hydrogen-bond acceptors (Lipinski definition) is 6. The summed E-state index contributed by atoms with van der Waals surface area (Å²) in [5.74, 6) is 4.61. The van der Waals surface area contributed by atoms with Crippen LogP contribution in [0, 0.1) is 0 Å². The SMILES string of the molecule is C1CSCCOCCOCCOCCOCCSC1. The fraction of sp³-hybridized carbons (Fsp3) is 1.00.